The number of piperidine rings is 1. The van der Waals surface area contributed by atoms with Gasteiger partial charge in [-0.1, -0.05) is 0 Å². The number of allylic oxidation sites excluding steroid dienone is 1. The molecule has 3 aromatic heterocycles. The first kappa shape index (κ1) is 19.6. The molecule has 0 bridgehead atoms. The molecule has 2 aliphatic rings. The standard InChI is InChI=1S/C24H24N6S/c25-14-17-9-13-31-24(17)19-7-6-18(26)23(28-19)22(16-4-5-16)29-20-15-27-10-8-21(20)30-11-2-1-3-12-30/h6-10,13,15,29H,1-5,11-12,26H2. The average molecular weight is 429 g/mol. The van der Waals surface area contributed by atoms with Crippen LogP contribution in [0.15, 0.2) is 47.6 Å². The number of hydrogen-bond donors (Lipinski definition) is 2. The number of nitrogen functional groups attached to an aromatic ring is 1. The number of pyridine rings is 2. The molecule has 1 aliphatic heterocycles. The number of hydrogen-bond acceptors (Lipinski definition) is 7. The number of anilines is 3. The van der Waals surface area contributed by atoms with Gasteiger partial charge >= 0.3 is 0 Å². The predicted octanol–water partition coefficient (Wildman–Crippen LogP) is 5.27. The van der Waals surface area contributed by atoms with Crippen LogP contribution in [0, 0.1) is 11.3 Å². The van der Waals surface area contributed by atoms with E-state index in [1.54, 1.807) is 0 Å². The summed E-state index contributed by atoms with van der Waals surface area (Å²) in [5.41, 5.74) is 13.6. The minimum Gasteiger partial charge on any atom is -0.397 e. The third-order valence-corrected chi connectivity index (χ3v) is 6.73. The van der Waals surface area contributed by atoms with Crippen molar-refractivity contribution in [2.75, 3.05) is 29.0 Å². The van der Waals surface area contributed by atoms with Gasteiger partial charge < -0.3 is 16.0 Å². The highest BCUT2D eigenvalue weighted by Crippen LogP contribution is 2.40. The summed E-state index contributed by atoms with van der Waals surface area (Å²) < 4.78 is 0. The first-order valence-corrected chi connectivity index (χ1v) is 11.6. The fraction of sp³-hybridized carbons (Fsp3) is 0.292. The zero-order valence-electron chi connectivity index (χ0n) is 17.3. The number of thiophene rings is 1. The Labute approximate surface area is 186 Å². The molecule has 1 saturated heterocycles. The first-order valence-electron chi connectivity index (χ1n) is 10.7. The Morgan fingerprint density at radius 3 is 2.74 bits per heavy atom. The molecule has 7 heteroatoms. The van der Waals surface area contributed by atoms with Crippen molar-refractivity contribution in [2.24, 2.45) is 0 Å². The lowest BCUT2D eigenvalue weighted by molar-refractivity contribution is 0.578. The molecule has 3 N–H and O–H groups in total. The smallest absolute Gasteiger partial charge is 0.110 e. The summed E-state index contributed by atoms with van der Waals surface area (Å²) in [5, 5.41) is 15.0. The maximum absolute atomic E-state index is 9.42. The predicted molar refractivity (Wildman–Crippen MR) is 127 cm³/mol. The van der Waals surface area contributed by atoms with Gasteiger partial charge in [-0.15, -0.1) is 11.3 Å². The minimum absolute atomic E-state index is 0.629. The van der Waals surface area contributed by atoms with E-state index in [1.807, 2.05) is 36.0 Å². The van der Waals surface area contributed by atoms with Crippen LogP contribution in [0.25, 0.3) is 16.3 Å². The van der Waals surface area contributed by atoms with E-state index in [9.17, 15) is 5.26 Å². The third-order valence-electron chi connectivity index (χ3n) is 5.79. The van der Waals surface area contributed by atoms with Gasteiger partial charge in [0.1, 0.15) is 11.8 Å². The van der Waals surface area contributed by atoms with Gasteiger partial charge in [0.15, 0.2) is 0 Å². The molecule has 0 atom stereocenters. The molecule has 2 fully saturated rings. The molecule has 0 amide bonds. The SMILES string of the molecule is N#Cc1ccsc1-c1ccc(N)c(C(Nc2cnccc2N2CCCCC2)=C2CC2)n1. The lowest BCUT2D eigenvalue weighted by Crippen LogP contribution is -2.30. The summed E-state index contributed by atoms with van der Waals surface area (Å²) in [7, 11) is 0. The molecule has 0 unspecified atom stereocenters. The van der Waals surface area contributed by atoms with Crippen molar-refractivity contribution in [1.82, 2.24) is 9.97 Å². The second-order valence-electron chi connectivity index (χ2n) is 7.95. The topological polar surface area (TPSA) is 90.9 Å². The molecule has 0 spiro atoms. The van der Waals surface area contributed by atoms with Crippen molar-refractivity contribution in [3.63, 3.8) is 0 Å². The molecule has 156 valence electrons. The quantitative estimate of drug-likeness (QED) is 0.575. The van der Waals surface area contributed by atoms with E-state index in [2.05, 4.69) is 27.3 Å². The van der Waals surface area contributed by atoms with E-state index >= 15 is 0 Å². The van der Waals surface area contributed by atoms with Gasteiger partial charge in [-0.05, 0) is 67.3 Å². The van der Waals surface area contributed by atoms with Gasteiger partial charge in [0.25, 0.3) is 0 Å². The highest BCUT2D eigenvalue weighted by atomic mass is 32.1. The van der Waals surface area contributed by atoms with Crippen LogP contribution in [-0.2, 0) is 0 Å². The number of nitrogens with one attached hydrogen (secondary N) is 1. The summed E-state index contributed by atoms with van der Waals surface area (Å²) in [6, 6.07) is 9.95. The van der Waals surface area contributed by atoms with Crippen molar-refractivity contribution in [2.45, 2.75) is 32.1 Å². The Hall–Kier alpha value is -3.37. The number of rotatable bonds is 5. The van der Waals surface area contributed by atoms with Crippen molar-refractivity contribution in [3.8, 4) is 16.6 Å². The summed E-state index contributed by atoms with van der Waals surface area (Å²) in [6.07, 6.45) is 9.54. The fourth-order valence-electron chi connectivity index (χ4n) is 4.05. The van der Waals surface area contributed by atoms with Crippen molar-refractivity contribution < 1.29 is 0 Å². The van der Waals surface area contributed by atoms with Gasteiger partial charge in [0.2, 0.25) is 0 Å². The van der Waals surface area contributed by atoms with Crippen LogP contribution in [0.1, 0.15) is 43.4 Å². The van der Waals surface area contributed by atoms with Gasteiger partial charge in [0, 0.05) is 19.3 Å². The van der Waals surface area contributed by atoms with Crippen LogP contribution in [-0.4, -0.2) is 23.1 Å². The van der Waals surface area contributed by atoms with E-state index in [0.717, 1.165) is 53.6 Å². The van der Waals surface area contributed by atoms with E-state index in [-0.39, 0.29) is 0 Å². The van der Waals surface area contributed by atoms with Gasteiger partial charge in [-0.2, -0.15) is 5.26 Å². The summed E-state index contributed by atoms with van der Waals surface area (Å²) in [4.78, 5) is 12.6. The number of nitriles is 1. The van der Waals surface area contributed by atoms with Crippen molar-refractivity contribution in [3.05, 3.63) is 58.9 Å². The van der Waals surface area contributed by atoms with Crippen LogP contribution in [0.5, 0.6) is 0 Å². The van der Waals surface area contributed by atoms with Gasteiger partial charge in [0.05, 0.1) is 45.1 Å². The van der Waals surface area contributed by atoms with Crippen LogP contribution in [0.3, 0.4) is 0 Å². The van der Waals surface area contributed by atoms with Crippen molar-refractivity contribution >= 4 is 34.1 Å². The third kappa shape index (κ3) is 3.99. The summed E-state index contributed by atoms with van der Waals surface area (Å²) in [6.45, 7) is 2.13. The highest BCUT2D eigenvalue weighted by Gasteiger charge is 2.24. The lowest BCUT2D eigenvalue weighted by atomic mass is 10.1. The van der Waals surface area contributed by atoms with Gasteiger partial charge in [-0.25, -0.2) is 4.98 Å². The molecule has 6 nitrogen and oxygen atoms in total. The Morgan fingerprint density at radius 1 is 1.13 bits per heavy atom. The van der Waals surface area contributed by atoms with Crippen LogP contribution in [0.2, 0.25) is 0 Å². The molecule has 1 saturated carbocycles. The maximum atomic E-state index is 9.42. The Morgan fingerprint density at radius 2 is 1.97 bits per heavy atom. The maximum Gasteiger partial charge on any atom is 0.110 e. The Balaban J connectivity index is 1.53. The zero-order valence-corrected chi connectivity index (χ0v) is 18.1. The van der Waals surface area contributed by atoms with E-state index < -0.39 is 0 Å². The molecule has 31 heavy (non-hydrogen) atoms. The van der Waals surface area contributed by atoms with Gasteiger partial charge in [-0.3, -0.25) is 4.98 Å². The second kappa shape index (κ2) is 8.40. The highest BCUT2D eigenvalue weighted by molar-refractivity contribution is 7.13. The number of aromatic nitrogens is 2. The Bertz CT molecular complexity index is 1180. The summed E-state index contributed by atoms with van der Waals surface area (Å²) in [5.74, 6) is 0. The largest absolute Gasteiger partial charge is 0.397 e. The number of nitrogens with zero attached hydrogens (tertiary/aromatic N) is 4. The van der Waals surface area contributed by atoms with Crippen LogP contribution >= 0.6 is 11.3 Å². The monoisotopic (exact) mass is 428 g/mol. The first-order chi connectivity index (χ1) is 15.2. The lowest BCUT2D eigenvalue weighted by Gasteiger charge is -2.30. The van der Waals surface area contributed by atoms with E-state index in [0.29, 0.717) is 11.3 Å². The molecular weight excluding hydrogens is 404 g/mol. The second-order valence-corrected chi connectivity index (χ2v) is 8.87. The minimum atomic E-state index is 0.629. The molecule has 0 radical (unpaired) electrons. The molecule has 4 heterocycles. The molecule has 1 aliphatic carbocycles. The van der Waals surface area contributed by atoms with Crippen molar-refractivity contribution in [1.29, 1.82) is 5.26 Å². The zero-order chi connectivity index (χ0) is 21.2. The van der Waals surface area contributed by atoms with Crippen LogP contribution in [0.4, 0.5) is 17.1 Å². The van der Waals surface area contributed by atoms with E-state index in [1.165, 1.54) is 41.9 Å². The Kier molecular flexibility index (Phi) is 5.31. The molecular formula is C24H24N6S. The average Bonchev–Trinajstić information content (AvgIpc) is 3.55. The molecule has 3 aromatic rings. The van der Waals surface area contributed by atoms with E-state index in [4.69, 9.17) is 10.7 Å². The van der Waals surface area contributed by atoms with Crippen LogP contribution < -0.4 is 16.0 Å². The normalized spacial score (nSPS) is 15.5. The fourth-order valence-corrected chi connectivity index (χ4v) is 4.86. The molecule has 5 rings (SSSR count). The number of nitrogens with two attached hydrogens (primary N) is 1. The molecule has 0 aromatic carbocycles. The summed E-state index contributed by atoms with van der Waals surface area (Å²) >= 11 is 1.52.